The molecule has 2 atom stereocenters. The second kappa shape index (κ2) is 4.85. The monoisotopic (exact) mass is 260 g/mol. The highest BCUT2D eigenvalue weighted by molar-refractivity contribution is 5.83. The summed E-state index contributed by atoms with van der Waals surface area (Å²) in [4.78, 5) is 13.6. The Kier molecular flexibility index (Phi) is 3.19. The number of carbonyl (C=O) groups is 1. The number of hydrogen-bond donors (Lipinski definition) is 1. The van der Waals surface area contributed by atoms with E-state index >= 15 is 0 Å². The van der Waals surface area contributed by atoms with Crippen LogP contribution in [-0.4, -0.2) is 30.5 Å². The van der Waals surface area contributed by atoms with E-state index < -0.39 is 0 Å². The Bertz CT molecular complexity index is 501. The van der Waals surface area contributed by atoms with Gasteiger partial charge < -0.3 is 15.4 Å². The minimum atomic E-state index is -0.331. The van der Waals surface area contributed by atoms with E-state index in [4.69, 9.17) is 10.5 Å². The van der Waals surface area contributed by atoms with Gasteiger partial charge in [0.2, 0.25) is 0 Å². The molecule has 0 spiro atoms. The van der Waals surface area contributed by atoms with Crippen molar-refractivity contribution in [3.63, 3.8) is 0 Å². The zero-order valence-electron chi connectivity index (χ0n) is 11.3. The van der Waals surface area contributed by atoms with Crippen LogP contribution in [0.15, 0.2) is 18.2 Å². The van der Waals surface area contributed by atoms with Crippen molar-refractivity contribution in [3.8, 4) is 5.75 Å². The fraction of sp³-hybridized carbons (Fsp3) is 0.533. The van der Waals surface area contributed by atoms with Crippen LogP contribution >= 0.6 is 0 Å². The van der Waals surface area contributed by atoms with Gasteiger partial charge in [-0.3, -0.25) is 4.79 Å². The van der Waals surface area contributed by atoms with E-state index in [1.165, 1.54) is 11.1 Å². The molecular weight excluding hydrogens is 240 g/mol. The second-order valence-electron chi connectivity index (χ2n) is 5.51. The van der Waals surface area contributed by atoms with Crippen molar-refractivity contribution < 1.29 is 9.53 Å². The van der Waals surface area contributed by atoms with Crippen molar-refractivity contribution in [3.05, 3.63) is 29.3 Å². The molecule has 4 heteroatoms. The Hall–Kier alpha value is -1.55. The zero-order chi connectivity index (χ0) is 13.4. The van der Waals surface area contributed by atoms with E-state index in [-0.39, 0.29) is 18.1 Å². The van der Waals surface area contributed by atoms with E-state index in [2.05, 4.69) is 6.07 Å². The van der Waals surface area contributed by atoms with E-state index in [0.717, 1.165) is 38.0 Å². The highest BCUT2D eigenvalue weighted by atomic mass is 16.5. The first-order chi connectivity index (χ1) is 9.15. The summed E-state index contributed by atoms with van der Waals surface area (Å²) in [5.41, 5.74) is 8.65. The molecule has 19 heavy (non-hydrogen) atoms. The van der Waals surface area contributed by atoms with Crippen LogP contribution in [0.2, 0.25) is 0 Å². The molecule has 1 unspecified atom stereocenters. The normalized spacial score (nSPS) is 26.4. The third-order valence-corrected chi connectivity index (χ3v) is 4.13. The maximum Gasteiger partial charge on any atom is 0.263 e. The number of hydrogen-bond acceptors (Lipinski definition) is 3. The molecule has 1 aromatic carbocycles. The maximum absolute atomic E-state index is 11.8. The molecule has 4 nitrogen and oxygen atoms in total. The third kappa shape index (κ3) is 2.32. The van der Waals surface area contributed by atoms with Gasteiger partial charge in [0.25, 0.3) is 5.91 Å². The standard InChI is InChI=1S/C15H20N2O2/c1-17-8-7-14(15(17)18)19-11-6-5-10-3-2-4-13(16)12(10)9-11/h5-6,9,13-14H,2-4,7-8,16H2,1H3/t13-,14?/m1/s1. The molecule has 1 aliphatic heterocycles. The van der Waals surface area contributed by atoms with E-state index in [0.29, 0.717) is 0 Å². The average molecular weight is 260 g/mol. The summed E-state index contributed by atoms with van der Waals surface area (Å²) in [5, 5.41) is 0. The van der Waals surface area contributed by atoms with E-state index in [1.54, 1.807) is 4.90 Å². The Balaban J connectivity index is 1.79. The quantitative estimate of drug-likeness (QED) is 0.879. The molecule has 1 heterocycles. The highest BCUT2D eigenvalue weighted by Gasteiger charge is 2.31. The van der Waals surface area contributed by atoms with Gasteiger partial charge in [-0.15, -0.1) is 0 Å². The number of rotatable bonds is 2. The highest BCUT2D eigenvalue weighted by Crippen LogP contribution is 2.31. The lowest BCUT2D eigenvalue weighted by Crippen LogP contribution is -2.29. The molecule has 1 aromatic rings. The summed E-state index contributed by atoms with van der Waals surface area (Å²) >= 11 is 0. The van der Waals surface area contributed by atoms with Crippen LogP contribution < -0.4 is 10.5 Å². The van der Waals surface area contributed by atoms with Gasteiger partial charge in [0.15, 0.2) is 6.10 Å². The molecule has 102 valence electrons. The molecule has 2 N–H and O–H groups in total. The van der Waals surface area contributed by atoms with Crippen LogP contribution in [0.1, 0.15) is 36.4 Å². The van der Waals surface area contributed by atoms with Gasteiger partial charge in [0.05, 0.1) is 0 Å². The molecule has 1 fully saturated rings. The van der Waals surface area contributed by atoms with E-state index in [9.17, 15) is 4.79 Å². The Labute approximate surface area is 113 Å². The predicted octanol–water partition coefficient (Wildman–Crippen LogP) is 1.63. The van der Waals surface area contributed by atoms with Gasteiger partial charge in [-0.1, -0.05) is 6.07 Å². The number of ether oxygens (including phenoxy) is 1. The first-order valence-corrected chi connectivity index (χ1v) is 6.95. The number of amides is 1. The number of nitrogens with zero attached hydrogens (tertiary/aromatic N) is 1. The van der Waals surface area contributed by atoms with Crippen molar-refractivity contribution in [2.75, 3.05) is 13.6 Å². The summed E-state index contributed by atoms with van der Waals surface area (Å²) < 4.78 is 5.83. The molecule has 2 aliphatic rings. The maximum atomic E-state index is 11.8. The number of aryl methyl sites for hydroxylation is 1. The number of fused-ring (bicyclic) bond motifs is 1. The Morgan fingerprint density at radius 1 is 1.37 bits per heavy atom. The SMILES string of the molecule is CN1CCC(Oc2ccc3c(c2)[C@H](N)CCC3)C1=O. The summed E-state index contributed by atoms with van der Waals surface area (Å²) in [6.07, 6.45) is 3.71. The Morgan fingerprint density at radius 3 is 2.95 bits per heavy atom. The molecule has 0 saturated carbocycles. The summed E-state index contributed by atoms with van der Waals surface area (Å²) in [6.45, 7) is 0.772. The molecule has 1 saturated heterocycles. The van der Waals surface area contributed by atoms with Crippen LogP contribution in [-0.2, 0) is 11.2 Å². The van der Waals surface area contributed by atoms with Gasteiger partial charge >= 0.3 is 0 Å². The van der Waals surface area contributed by atoms with Crippen LogP contribution in [0.3, 0.4) is 0 Å². The Morgan fingerprint density at radius 2 is 2.21 bits per heavy atom. The second-order valence-corrected chi connectivity index (χ2v) is 5.51. The van der Waals surface area contributed by atoms with Gasteiger partial charge in [0, 0.05) is 26.1 Å². The molecule has 0 aromatic heterocycles. The minimum absolute atomic E-state index is 0.0713. The van der Waals surface area contributed by atoms with E-state index in [1.807, 2.05) is 19.2 Å². The molecule has 1 amide bonds. The zero-order valence-corrected chi connectivity index (χ0v) is 11.3. The van der Waals surface area contributed by atoms with Gasteiger partial charge in [-0.25, -0.2) is 0 Å². The summed E-state index contributed by atoms with van der Waals surface area (Å²) in [7, 11) is 1.81. The lowest BCUT2D eigenvalue weighted by molar-refractivity contribution is -0.132. The summed E-state index contributed by atoms with van der Waals surface area (Å²) in [6, 6.07) is 6.18. The number of nitrogens with two attached hydrogens (primary N) is 1. The van der Waals surface area contributed by atoms with Crippen molar-refractivity contribution >= 4 is 5.91 Å². The van der Waals surface area contributed by atoms with Crippen LogP contribution in [0, 0.1) is 0 Å². The van der Waals surface area contributed by atoms with Crippen molar-refractivity contribution in [2.45, 2.75) is 37.8 Å². The van der Waals surface area contributed by atoms with Gasteiger partial charge in [-0.05, 0) is 42.5 Å². The van der Waals surface area contributed by atoms with Gasteiger partial charge in [0.1, 0.15) is 5.75 Å². The third-order valence-electron chi connectivity index (χ3n) is 4.13. The smallest absolute Gasteiger partial charge is 0.263 e. The van der Waals surface area contributed by atoms with Crippen molar-refractivity contribution in [2.24, 2.45) is 5.73 Å². The lowest BCUT2D eigenvalue weighted by Gasteiger charge is -2.23. The molecular formula is C15H20N2O2. The average Bonchev–Trinajstić information content (AvgIpc) is 2.72. The summed E-state index contributed by atoms with van der Waals surface area (Å²) in [5.74, 6) is 0.840. The lowest BCUT2D eigenvalue weighted by atomic mass is 9.88. The largest absolute Gasteiger partial charge is 0.481 e. The molecule has 0 radical (unpaired) electrons. The van der Waals surface area contributed by atoms with Crippen LogP contribution in [0.5, 0.6) is 5.75 Å². The topological polar surface area (TPSA) is 55.6 Å². The number of benzene rings is 1. The van der Waals surface area contributed by atoms with Gasteiger partial charge in [-0.2, -0.15) is 0 Å². The molecule has 0 bridgehead atoms. The minimum Gasteiger partial charge on any atom is -0.481 e. The molecule has 3 rings (SSSR count). The number of likely N-dealkylation sites (tertiary alicyclic amines) is 1. The fourth-order valence-electron chi connectivity index (χ4n) is 2.95. The molecule has 1 aliphatic carbocycles. The van der Waals surface area contributed by atoms with Crippen LogP contribution in [0.25, 0.3) is 0 Å². The van der Waals surface area contributed by atoms with Crippen LogP contribution in [0.4, 0.5) is 0 Å². The fourth-order valence-corrected chi connectivity index (χ4v) is 2.95. The predicted molar refractivity (Wildman–Crippen MR) is 73.0 cm³/mol. The number of likely N-dealkylation sites (N-methyl/N-ethyl adjacent to an activating group) is 1. The van der Waals surface area contributed by atoms with Crippen molar-refractivity contribution in [1.82, 2.24) is 4.90 Å². The number of carbonyl (C=O) groups excluding carboxylic acids is 1. The first-order valence-electron chi connectivity index (χ1n) is 6.95. The van der Waals surface area contributed by atoms with Crippen molar-refractivity contribution in [1.29, 1.82) is 0 Å². The first kappa shape index (κ1) is 12.5.